The minimum Gasteiger partial charge on any atom is -0.493 e. The molecule has 0 aromatic heterocycles. The molecule has 4 aliphatic carbocycles. The quantitative estimate of drug-likeness (QED) is 0.212. The number of carbonyl (C=O) groups excluding carboxylic acids is 2. The van der Waals surface area contributed by atoms with Gasteiger partial charge in [0.25, 0.3) is 0 Å². The van der Waals surface area contributed by atoms with Crippen LogP contribution in [0, 0.1) is 28.6 Å². The second kappa shape index (κ2) is 12.8. The average molecular weight is 594 g/mol. The van der Waals surface area contributed by atoms with Crippen LogP contribution in [0.5, 0.6) is 11.5 Å². The Balaban J connectivity index is 0.00000368. The normalized spacial score (nSPS) is 34.7. The first-order valence-electron chi connectivity index (χ1n) is 16.4. The zero-order valence-corrected chi connectivity index (χ0v) is 26.6. The van der Waals surface area contributed by atoms with E-state index in [0.717, 1.165) is 87.2 Å². The smallest absolute Gasteiger partial charge is 0.302 e. The summed E-state index contributed by atoms with van der Waals surface area (Å²) in [7, 11) is 1.69. The van der Waals surface area contributed by atoms with Gasteiger partial charge >= 0.3 is 5.97 Å². The molecule has 7 nitrogen and oxygen atoms in total. The van der Waals surface area contributed by atoms with Crippen molar-refractivity contribution in [3.8, 4) is 11.5 Å². The van der Waals surface area contributed by atoms with Gasteiger partial charge in [0, 0.05) is 25.3 Å². The summed E-state index contributed by atoms with van der Waals surface area (Å²) in [6.07, 6.45) is 15.3. The Hall–Kier alpha value is -2.64. The highest BCUT2D eigenvalue weighted by Gasteiger charge is 2.60. The first-order valence-corrected chi connectivity index (χ1v) is 16.4. The molecule has 0 spiro atoms. The number of allylic oxidation sites excluding steroid dienone is 2. The van der Waals surface area contributed by atoms with Crippen molar-refractivity contribution in [2.24, 2.45) is 28.6 Å². The number of piperidine rings is 1. The third-order valence-electron chi connectivity index (χ3n) is 11.7. The Morgan fingerprint density at radius 3 is 2.53 bits per heavy atom. The number of nitrogens with zero attached hydrogens (tertiary/aromatic N) is 1. The van der Waals surface area contributed by atoms with Crippen molar-refractivity contribution in [3.05, 3.63) is 41.0 Å². The molecule has 236 valence electrons. The molecule has 5 aliphatic rings. The van der Waals surface area contributed by atoms with Gasteiger partial charge in [-0.25, -0.2) is 0 Å². The predicted octanol–water partition coefficient (Wildman–Crippen LogP) is 6.19. The summed E-state index contributed by atoms with van der Waals surface area (Å²) in [5.74, 6) is 3.12. The summed E-state index contributed by atoms with van der Waals surface area (Å²) in [5, 5.41) is 0. The molecule has 1 heterocycles. The molecule has 0 radical (unpaired) electrons. The first kappa shape index (κ1) is 31.8. The number of carbonyl (C=O) groups is 2. The van der Waals surface area contributed by atoms with Crippen molar-refractivity contribution >= 4 is 17.8 Å². The van der Waals surface area contributed by atoms with E-state index in [1.807, 2.05) is 12.1 Å². The first-order chi connectivity index (χ1) is 20.2. The van der Waals surface area contributed by atoms with Gasteiger partial charge in [-0.1, -0.05) is 38.0 Å². The van der Waals surface area contributed by atoms with Crippen LogP contribution in [0.2, 0.25) is 0 Å². The molecule has 0 bridgehead atoms. The van der Waals surface area contributed by atoms with Gasteiger partial charge in [0.2, 0.25) is 0 Å². The van der Waals surface area contributed by atoms with Crippen molar-refractivity contribution in [2.75, 3.05) is 33.4 Å². The van der Waals surface area contributed by atoms with E-state index in [9.17, 15) is 9.59 Å². The molecule has 7 heteroatoms. The zero-order chi connectivity index (χ0) is 29.5. The fraction of sp³-hybridized carbons (Fsp3) is 0.667. The van der Waals surface area contributed by atoms with Gasteiger partial charge in [-0.3, -0.25) is 14.5 Å². The fourth-order valence-electron chi connectivity index (χ4n) is 9.32. The van der Waals surface area contributed by atoms with Gasteiger partial charge in [0.15, 0.2) is 17.3 Å². The molecule has 43 heavy (non-hydrogen) atoms. The maximum absolute atomic E-state index is 14.0. The summed E-state index contributed by atoms with van der Waals surface area (Å²) in [6, 6.07) is 6.07. The number of hydrogen-bond donors (Lipinski definition) is 0. The number of likely N-dealkylation sites (tertiary alicyclic amines) is 1. The van der Waals surface area contributed by atoms with Gasteiger partial charge in [-0.15, -0.1) is 0 Å². The fourth-order valence-corrected chi connectivity index (χ4v) is 9.32. The monoisotopic (exact) mass is 593 g/mol. The molecule has 4 fully saturated rings. The molecule has 0 unspecified atom stereocenters. The molecular formula is C36H51NO6. The minimum atomic E-state index is -0.286. The second-order valence-electron chi connectivity index (χ2n) is 14.1. The number of Topliss-reactive ketones (excluding diaryl/α,β-unsaturated/α-hetero) is 1. The van der Waals surface area contributed by atoms with E-state index in [1.54, 1.807) is 7.11 Å². The number of fused-ring (bicyclic) bond motifs is 5. The van der Waals surface area contributed by atoms with E-state index in [2.05, 4.69) is 37.0 Å². The van der Waals surface area contributed by atoms with E-state index < -0.39 is 0 Å². The highest BCUT2D eigenvalue weighted by atomic mass is 16.5. The lowest BCUT2D eigenvalue weighted by atomic mass is 9.48. The van der Waals surface area contributed by atoms with Crippen LogP contribution in [-0.4, -0.2) is 61.6 Å². The zero-order valence-electron chi connectivity index (χ0n) is 26.6. The van der Waals surface area contributed by atoms with E-state index in [1.165, 1.54) is 31.8 Å². The van der Waals surface area contributed by atoms with E-state index >= 15 is 0 Å². The molecule has 6 atom stereocenters. The maximum atomic E-state index is 14.0. The SMILES string of the molecule is COc1cc(C=C2C[C@H]3[C@@H]4CC=C5C[C@@H](OC(C)=O)CC[C@]5(C)[C@H]4CC[C@]3(C)C2=O)ccc1OCCN1CCCCC1.O. The summed E-state index contributed by atoms with van der Waals surface area (Å²) in [5.41, 5.74) is 3.30. The standard InChI is InChI=1S/C36H49NO5.H2O/c1-24(38)42-28-12-14-35(2)27(23-28)9-10-29-30(35)13-15-36(3)31(29)22-26(34(36)39)20-25-8-11-32(33(21-25)40-4)41-19-18-37-16-6-5-7-17-37;/h8-9,11,20-21,28-31H,5-7,10,12-19,22-23H2,1-4H3;1H2/t28-,29+,30-,31-,35-,36-;/m0./s1. The molecule has 1 aliphatic heterocycles. The summed E-state index contributed by atoms with van der Waals surface area (Å²) in [4.78, 5) is 28.0. The molecule has 1 aromatic carbocycles. The molecule has 2 N–H and O–H groups in total. The molecule has 3 saturated carbocycles. The lowest BCUT2D eigenvalue weighted by Crippen LogP contribution is -2.50. The Labute approximate surface area is 257 Å². The number of esters is 1. The molecular weight excluding hydrogens is 542 g/mol. The number of ketones is 1. The number of rotatable bonds is 7. The van der Waals surface area contributed by atoms with Crippen LogP contribution in [0.1, 0.15) is 90.5 Å². The largest absolute Gasteiger partial charge is 0.493 e. The molecule has 6 rings (SSSR count). The summed E-state index contributed by atoms with van der Waals surface area (Å²) >= 11 is 0. The Kier molecular flexibility index (Phi) is 9.43. The highest BCUT2D eigenvalue weighted by Crippen LogP contribution is 2.65. The van der Waals surface area contributed by atoms with Crippen LogP contribution in [-0.2, 0) is 14.3 Å². The Morgan fingerprint density at radius 2 is 1.79 bits per heavy atom. The van der Waals surface area contributed by atoms with Gasteiger partial charge < -0.3 is 19.7 Å². The lowest BCUT2D eigenvalue weighted by Gasteiger charge is -2.56. The van der Waals surface area contributed by atoms with Crippen molar-refractivity contribution in [1.29, 1.82) is 0 Å². The minimum absolute atomic E-state index is 0. The van der Waals surface area contributed by atoms with Gasteiger partial charge in [0.1, 0.15) is 12.7 Å². The van der Waals surface area contributed by atoms with Crippen LogP contribution in [0.4, 0.5) is 0 Å². The van der Waals surface area contributed by atoms with E-state index in [0.29, 0.717) is 30.1 Å². The second-order valence-corrected chi connectivity index (χ2v) is 14.1. The predicted molar refractivity (Wildman–Crippen MR) is 168 cm³/mol. The van der Waals surface area contributed by atoms with Crippen molar-refractivity contribution in [3.63, 3.8) is 0 Å². The van der Waals surface area contributed by atoms with E-state index in [4.69, 9.17) is 14.2 Å². The Morgan fingerprint density at radius 1 is 1.02 bits per heavy atom. The van der Waals surface area contributed by atoms with Crippen molar-refractivity contribution in [1.82, 2.24) is 4.90 Å². The molecule has 1 saturated heterocycles. The van der Waals surface area contributed by atoms with Gasteiger partial charge in [-0.2, -0.15) is 0 Å². The lowest BCUT2D eigenvalue weighted by molar-refractivity contribution is -0.148. The van der Waals surface area contributed by atoms with E-state index in [-0.39, 0.29) is 28.4 Å². The number of benzene rings is 1. The maximum Gasteiger partial charge on any atom is 0.302 e. The van der Waals surface area contributed by atoms with Crippen molar-refractivity contribution in [2.45, 2.75) is 91.1 Å². The molecule has 1 aromatic rings. The van der Waals surface area contributed by atoms with Crippen LogP contribution in [0.3, 0.4) is 0 Å². The van der Waals surface area contributed by atoms with Gasteiger partial charge in [-0.05, 0) is 117 Å². The van der Waals surface area contributed by atoms with Gasteiger partial charge in [0.05, 0.1) is 7.11 Å². The third-order valence-corrected chi connectivity index (χ3v) is 11.7. The van der Waals surface area contributed by atoms with Crippen LogP contribution < -0.4 is 9.47 Å². The van der Waals surface area contributed by atoms with Crippen LogP contribution >= 0.6 is 0 Å². The third kappa shape index (κ3) is 6.04. The number of hydrogen-bond acceptors (Lipinski definition) is 6. The topological polar surface area (TPSA) is 96.6 Å². The summed E-state index contributed by atoms with van der Waals surface area (Å²) in [6.45, 7) is 10.1. The van der Waals surface area contributed by atoms with Crippen LogP contribution in [0.15, 0.2) is 35.4 Å². The highest BCUT2D eigenvalue weighted by molar-refractivity contribution is 6.06. The Bertz CT molecular complexity index is 1260. The summed E-state index contributed by atoms with van der Waals surface area (Å²) < 4.78 is 17.4. The number of ether oxygens (including phenoxy) is 3. The molecule has 0 amide bonds. The van der Waals surface area contributed by atoms with Crippen molar-refractivity contribution < 1.29 is 29.3 Å². The average Bonchev–Trinajstić information content (AvgIpc) is 3.23. The number of methoxy groups -OCH3 is 1. The van der Waals surface area contributed by atoms with Crippen LogP contribution in [0.25, 0.3) is 6.08 Å².